The summed E-state index contributed by atoms with van der Waals surface area (Å²) in [5.74, 6) is 2.85. The Bertz CT molecular complexity index is 3080. The van der Waals surface area contributed by atoms with Crippen LogP contribution >= 0.6 is 0 Å². The summed E-state index contributed by atoms with van der Waals surface area (Å²) in [6.07, 6.45) is 14.7. The maximum atomic E-state index is 5.98. The number of benzene rings is 4. The quantitative estimate of drug-likeness (QED) is 0.175. The third-order valence-corrected chi connectivity index (χ3v) is 11.9. The minimum Gasteiger partial charge on any atom is -0.354 e. The summed E-state index contributed by atoms with van der Waals surface area (Å²) in [4.78, 5) is 19.0. The highest BCUT2D eigenvalue weighted by Gasteiger charge is 2.22. The lowest BCUT2D eigenvalue weighted by atomic mass is 9.92. The lowest BCUT2D eigenvalue weighted by Crippen LogP contribution is -1.96. The van der Waals surface area contributed by atoms with Crippen molar-refractivity contribution in [3.63, 3.8) is 0 Å². The molecule has 0 aliphatic carbocycles. The molecule has 7 aromatic rings. The second-order valence-corrected chi connectivity index (χ2v) is 16.5. The Kier molecular flexibility index (Phi) is 9.21. The number of terminal acetylenes is 1. The summed E-state index contributed by atoms with van der Waals surface area (Å²) in [6, 6.07) is 30.6. The standard InChI is InChI=1S/C55H48N4/c1-11-39-13-12-14-40(29-39)52-41-15-17-43(56-41)53(49-33(5)23-30(2)24-34(49)6)45-19-21-47(58-45)55(51-37(9)27-32(4)28-38(51)10)48-22-20-46(59-48)54(44-18-16-42(52)57-44)50-35(7)25-31(3)26-36(50)8/h1,12-29,56,59H,2-10H3. The monoisotopic (exact) mass is 764 g/mol. The van der Waals surface area contributed by atoms with E-state index in [2.05, 4.69) is 175 Å². The highest BCUT2D eigenvalue weighted by molar-refractivity contribution is 6.01. The summed E-state index contributed by atoms with van der Waals surface area (Å²) in [5, 5.41) is 0. The van der Waals surface area contributed by atoms with Crippen LogP contribution in [-0.4, -0.2) is 19.9 Å². The highest BCUT2D eigenvalue weighted by Crippen LogP contribution is 2.42. The maximum absolute atomic E-state index is 5.98. The SMILES string of the molecule is C#Cc1cccc(-c2c3nc(c(-c4c(C)cc(C)cc4C)c4ccc([nH]4)c(-c4c(C)cc(C)cc4C)c4nc(c(-c5c(C)cc(C)cc5C)c5ccc2[nH]5)C=C4)C=C3)c1. The molecule has 288 valence electrons. The first-order valence-electron chi connectivity index (χ1n) is 20.4. The van der Waals surface area contributed by atoms with Gasteiger partial charge < -0.3 is 9.97 Å². The van der Waals surface area contributed by atoms with Crippen LogP contribution in [0.15, 0.2) is 84.9 Å². The fourth-order valence-corrected chi connectivity index (χ4v) is 9.79. The predicted molar refractivity (Wildman–Crippen MR) is 251 cm³/mol. The van der Waals surface area contributed by atoms with E-state index in [1.165, 1.54) is 66.8 Å². The lowest BCUT2D eigenvalue weighted by Gasteiger charge is -2.14. The molecule has 2 aliphatic rings. The third-order valence-electron chi connectivity index (χ3n) is 11.9. The van der Waals surface area contributed by atoms with Gasteiger partial charge in [0.05, 0.1) is 22.8 Å². The van der Waals surface area contributed by atoms with Crippen molar-refractivity contribution in [3.05, 3.63) is 163 Å². The molecule has 2 aliphatic heterocycles. The van der Waals surface area contributed by atoms with Crippen molar-refractivity contribution < 1.29 is 0 Å². The number of aryl methyl sites for hydroxylation is 9. The first kappa shape index (κ1) is 37.6. The minimum atomic E-state index is 0.815. The van der Waals surface area contributed by atoms with E-state index in [9.17, 15) is 0 Å². The molecular formula is C55H48N4. The van der Waals surface area contributed by atoms with Gasteiger partial charge in [0, 0.05) is 49.9 Å². The van der Waals surface area contributed by atoms with Gasteiger partial charge in [-0.15, -0.1) is 6.42 Å². The molecule has 0 amide bonds. The van der Waals surface area contributed by atoms with E-state index >= 15 is 0 Å². The van der Waals surface area contributed by atoms with Gasteiger partial charge in [0.1, 0.15) is 0 Å². The van der Waals surface area contributed by atoms with E-state index in [0.29, 0.717) is 0 Å². The molecule has 0 saturated carbocycles. The van der Waals surface area contributed by atoms with Crippen LogP contribution in [-0.2, 0) is 0 Å². The minimum absolute atomic E-state index is 0.815. The molecule has 0 saturated heterocycles. The van der Waals surface area contributed by atoms with E-state index < -0.39 is 0 Å². The Hall–Kier alpha value is -6.96. The van der Waals surface area contributed by atoms with E-state index in [1.54, 1.807) is 0 Å². The summed E-state index contributed by atoms with van der Waals surface area (Å²) in [7, 11) is 0. The van der Waals surface area contributed by atoms with Crippen molar-refractivity contribution in [1.82, 2.24) is 19.9 Å². The maximum Gasteiger partial charge on any atom is 0.0737 e. The highest BCUT2D eigenvalue weighted by atomic mass is 14.8. The molecule has 5 heterocycles. The summed E-state index contributed by atoms with van der Waals surface area (Å²) < 4.78 is 0. The number of aromatic amines is 2. The zero-order chi connectivity index (χ0) is 41.3. The van der Waals surface area contributed by atoms with Crippen LogP contribution in [0.5, 0.6) is 0 Å². The largest absolute Gasteiger partial charge is 0.354 e. The van der Waals surface area contributed by atoms with Gasteiger partial charge in [-0.2, -0.15) is 0 Å². The Labute approximate surface area is 347 Å². The first-order chi connectivity index (χ1) is 28.4. The van der Waals surface area contributed by atoms with Crippen LogP contribution in [0.25, 0.3) is 90.9 Å². The van der Waals surface area contributed by atoms with Crippen LogP contribution in [0.3, 0.4) is 0 Å². The number of aromatic nitrogens is 4. The summed E-state index contributed by atoms with van der Waals surface area (Å²) >= 11 is 0. The van der Waals surface area contributed by atoms with E-state index in [4.69, 9.17) is 16.4 Å². The fraction of sp³-hybridized carbons (Fsp3) is 0.164. The Morgan fingerprint density at radius 3 is 1.05 bits per heavy atom. The number of nitrogens with zero attached hydrogens (tertiary/aromatic N) is 2. The van der Waals surface area contributed by atoms with E-state index in [1.807, 2.05) is 12.1 Å². The topological polar surface area (TPSA) is 57.4 Å². The van der Waals surface area contributed by atoms with Gasteiger partial charge in [-0.25, -0.2) is 9.97 Å². The van der Waals surface area contributed by atoms with Gasteiger partial charge in [0.25, 0.3) is 0 Å². The van der Waals surface area contributed by atoms with Crippen molar-refractivity contribution in [1.29, 1.82) is 0 Å². The van der Waals surface area contributed by atoms with Gasteiger partial charge >= 0.3 is 0 Å². The molecule has 0 fully saturated rings. The van der Waals surface area contributed by atoms with Gasteiger partial charge in [-0.05, 0) is 179 Å². The van der Waals surface area contributed by atoms with Crippen molar-refractivity contribution >= 4 is 46.4 Å². The number of hydrogen-bond acceptors (Lipinski definition) is 2. The normalized spacial score (nSPS) is 12.0. The Morgan fingerprint density at radius 2 is 0.712 bits per heavy atom. The zero-order valence-electron chi connectivity index (χ0n) is 35.4. The number of fused-ring (bicyclic) bond motifs is 8. The number of hydrogen-bond donors (Lipinski definition) is 2. The Balaban J connectivity index is 1.53. The Morgan fingerprint density at radius 1 is 0.390 bits per heavy atom. The molecule has 9 rings (SSSR count). The first-order valence-corrected chi connectivity index (χ1v) is 20.4. The molecule has 59 heavy (non-hydrogen) atoms. The zero-order valence-corrected chi connectivity index (χ0v) is 35.4. The van der Waals surface area contributed by atoms with E-state index in [0.717, 1.165) is 78.2 Å². The molecule has 4 aromatic carbocycles. The second kappa shape index (κ2) is 14.5. The molecule has 8 bridgehead atoms. The molecule has 0 spiro atoms. The van der Waals surface area contributed by atoms with Crippen LogP contribution < -0.4 is 0 Å². The molecule has 4 heteroatoms. The third kappa shape index (κ3) is 6.54. The summed E-state index contributed by atoms with van der Waals surface area (Å²) in [5.41, 5.74) is 28.0. The molecule has 4 nitrogen and oxygen atoms in total. The summed E-state index contributed by atoms with van der Waals surface area (Å²) in [6.45, 7) is 19.7. The number of H-pyrrole nitrogens is 2. The lowest BCUT2D eigenvalue weighted by molar-refractivity contribution is 1.27. The average molecular weight is 765 g/mol. The van der Waals surface area contributed by atoms with Gasteiger partial charge in [-0.3, -0.25) is 0 Å². The van der Waals surface area contributed by atoms with Crippen molar-refractivity contribution in [2.45, 2.75) is 62.3 Å². The van der Waals surface area contributed by atoms with Crippen LogP contribution in [0, 0.1) is 74.7 Å². The number of nitrogens with one attached hydrogen (secondary N) is 2. The molecule has 0 atom stereocenters. The van der Waals surface area contributed by atoms with Gasteiger partial charge in [0.2, 0.25) is 0 Å². The average Bonchev–Trinajstić information content (AvgIpc) is 4.02. The fourth-order valence-electron chi connectivity index (χ4n) is 9.79. The van der Waals surface area contributed by atoms with Crippen molar-refractivity contribution in [2.24, 2.45) is 0 Å². The number of rotatable bonds is 4. The van der Waals surface area contributed by atoms with Gasteiger partial charge in [0.15, 0.2) is 0 Å². The van der Waals surface area contributed by atoms with Crippen molar-refractivity contribution in [3.8, 4) is 56.9 Å². The predicted octanol–water partition coefficient (Wildman–Crippen LogP) is 14.1. The van der Waals surface area contributed by atoms with Gasteiger partial charge in [-0.1, -0.05) is 71.1 Å². The molecule has 2 N–H and O–H groups in total. The van der Waals surface area contributed by atoms with E-state index in [-0.39, 0.29) is 0 Å². The van der Waals surface area contributed by atoms with Crippen LogP contribution in [0.4, 0.5) is 0 Å². The molecular weight excluding hydrogens is 717 g/mol. The molecule has 0 radical (unpaired) electrons. The smallest absolute Gasteiger partial charge is 0.0737 e. The molecule has 0 unspecified atom stereocenters. The van der Waals surface area contributed by atoms with Crippen LogP contribution in [0.1, 0.15) is 78.4 Å². The van der Waals surface area contributed by atoms with Crippen LogP contribution in [0.2, 0.25) is 0 Å². The second-order valence-electron chi connectivity index (χ2n) is 16.5. The molecule has 3 aromatic heterocycles. The van der Waals surface area contributed by atoms with Crippen molar-refractivity contribution in [2.75, 3.05) is 0 Å².